The number of carbonyl (C=O) groups excluding carboxylic acids is 1. The van der Waals surface area contributed by atoms with Gasteiger partial charge in [0.2, 0.25) is 0 Å². The maximum Gasteiger partial charge on any atom is 0.411 e. The van der Waals surface area contributed by atoms with Crippen molar-refractivity contribution in [1.29, 1.82) is 0 Å². The third-order valence-electron chi connectivity index (χ3n) is 1.57. The number of nitrogens with zero attached hydrogens (tertiary/aromatic N) is 1. The summed E-state index contributed by atoms with van der Waals surface area (Å²) in [7, 11) is 0. The molecule has 16 heavy (non-hydrogen) atoms. The Morgan fingerprint density at radius 1 is 1.44 bits per heavy atom. The van der Waals surface area contributed by atoms with Gasteiger partial charge < -0.3 is 9.84 Å². The number of aromatic nitrogens is 1. The second-order valence-electron chi connectivity index (χ2n) is 3.32. The number of rotatable bonds is 3. The lowest BCUT2D eigenvalue weighted by atomic mass is 10.3. The van der Waals surface area contributed by atoms with E-state index in [1.54, 1.807) is 13.8 Å². The minimum Gasteiger partial charge on any atom is -0.477 e. The Bertz CT molecular complexity index is 386. The molecule has 0 bridgehead atoms. The van der Waals surface area contributed by atoms with Crippen molar-refractivity contribution >= 4 is 17.7 Å². The van der Waals surface area contributed by atoms with Crippen LogP contribution in [0.15, 0.2) is 18.3 Å². The Morgan fingerprint density at radius 3 is 2.56 bits per heavy atom. The molecule has 0 fully saturated rings. The Hall–Kier alpha value is -2.11. The minimum atomic E-state index is -1.11. The molecule has 0 atom stereocenters. The lowest BCUT2D eigenvalue weighted by molar-refractivity contribution is 0.0690. The quantitative estimate of drug-likeness (QED) is 0.816. The van der Waals surface area contributed by atoms with Gasteiger partial charge in [0, 0.05) is 0 Å². The van der Waals surface area contributed by atoms with Crippen molar-refractivity contribution in [1.82, 2.24) is 4.98 Å². The highest BCUT2D eigenvalue weighted by Crippen LogP contribution is 2.07. The number of hydrogen-bond donors (Lipinski definition) is 2. The molecule has 1 rings (SSSR count). The molecule has 6 nitrogen and oxygen atoms in total. The van der Waals surface area contributed by atoms with E-state index in [2.05, 4.69) is 10.3 Å². The van der Waals surface area contributed by atoms with E-state index in [0.717, 1.165) is 0 Å². The van der Waals surface area contributed by atoms with Gasteiger partial charge in [0.25, 0.3) is 0 Å². The number of anilines is 1. The number of pyridine rings is 1. The van der Waals surface area contributed by atoms with Crippen molar-refractivity contribution in [3.8, 4) is 0 Å². The first-order chi connectivity index (χ1) is 7.49. The van der Waals surface area contributed by atoms with Gasteiger partial charge in [-0.3, -0.25) is 5.32 Å². The van der Waals surface area contributed by atoms with Gasteiger partial charge in [0.05, 0.1) is 18.0 Å². The average Bonchev–Trinajstić information content (AvgIpc) is 2.16. The molecule has 0 aliphatic carbocycles. The molecule has 1 aromatic heterocycles. The summed E-state index contributed by atoms with van der Waals surface area (Å²) in [5.41, 5.74) is 0.304. The monoisotopic (exact) mass is 224 g/mol. The molecule has 86 valence electrons. The molecule has 0 aliphatic heterocycles. The summed E-state index contributed by atoms with van der Waals surface area (Å²) in [5, 5.41) is 11.0. The molecule has 6 heteroatoms. The van der Waals surface area contributed by atoms with E-state index in [-0.39, 0.29) is 11.8 Å². The number of aromatic carboxylic acids is 1. The number of ether oxygens (including phenoxy) is 1. The van der Waals surface area contributed by atoms with Crippen molar-refractivity contribution in [2.45, 2.75) is 20.0 Å². The van der Waals surface area contributed by atoms with E-state index in [0.29, 0.717) is 5.69 Å². The van der Waals surface area contributed by atoms with Crippen LogP contribution in [-0.4, -0.2) is 28.3 Å². The van der Waals surface area contributed by atoms with Crippen LogP contribution in [0.2, 0.25) is 0 Å². The Labute approximate surface area is 92.3 Å². The summed E-state index contributed by atoms with van der Waals surface area (Å²) in [5.74, 6) is -1.11. The fraction of sp³-hybridized carbons (Fsp3) is 0.300. The largest absolute Gasteiger partial charge is 0.477 e. The molecule has 0 saturated heterocycles. The highest BCUT2D eigenvalue weighted by molar-refractivity contribution is 5.87. The molecule has 0 unspecified atom stereocenters. The molecule has 0 radical (unpaired) electrons. The molecule has 0 aliphatic rings. The van der Waals surface area contributed by atoms with E-state index in [9.17, 15) is 9.59 Å². The zero-order valence-corrected chi connectivity index (χ0v) is 8.93. The summed E-state index contributed by atoms with van der Waals surface area (Å²) in [6.45, 7) is 3.46. The highest BCUT2D eigenvalue weighted by atomic mass is 16.6. The summed E-state index contributed by atoms with van der Waals surface area (Å²) < 4.78 is 4.84. The Balaban J connectivity index is 2.62. The predicted octanol–water partition coefficient (Wildman–Crippen LogP) is 1.74. The van der Waals surface area contributed by atoms with Crippen LogP contribution in [0.3, 0.4) is 0 Å². The van der Waals surface area contributed by atoms with Crippen molar-refractivity contribution in [3.63, 3.8) is 0 Å². The normalized spacial score (nSPS) is 9.94. The van der Waals surface area contributed by atoms with E-state index in [4.69, 9.17) is 9.84 Å². The molecular formula is C10H12N2O4. The van der Waals surface area contributed by atoms with E-state index < -0.39 is 12.1 Å². The fourth-order valence-corrected chi connectivity index (χ4v) is 0.956. The molecule has 1 amide bonds. The summed E-state index contributed by atoms with van der Waals surface area (Å²) in [6.07, 6.45) is 0.441. The van der Waals surface area contributed by atoms with Gasteiger partial charge in [-0.2, -0.15) is 0 Å². The Kier molecular flexibility index (Phi) is 3.82. The molecular weight excluding hydrogens is 212 g/mol. The number of carbonyl (C=O) groups is 2. The van der Waals surface area contributed by atoms with E-state index in [1.165, 1.54) is 18.3 Å². The zero-order chi connectivity index (χ0) is 12.1. The lowest BCUT2D eigenvalue weighted by Crippen LogP contribution is -2.18. The van der Waals surface area contributed by atoms with Gasteiger partial charge >= 0.3 is 12.1 Å². The van der Waals surface area contributed by atoms with Crippen LogP contribution >= 0.6 is 0 Å². The van der Waals surface area contributed by atoms with Crippen LogP contribution < -0.4 is 5.32 Å². The molecule has 0 spiro atoms. The van der Waals surface area contributed by atoms with Crippen LogP contribution in [0, 0.1) is 0 Å². The molecule has 1 heterocycles. The maximum absolute atomic E-state index is 11.2. The summed E-state index contributed by atoms with van der Waals surface area (Å²) >= 11 is 0. The first-order valence-corrected chi connectivity index (χ1v) is 4.66. The highest BCUT2D eigenvalue weighted by Gasteiger charge is 2.07. The second kappa shape index (κ2) is 5.11. The minimum absolute atomic E-state index is 0.0808. The third kappa shape index (κ3) is 3.56. The van der Waals surface area contributed by atoms with Crippen LogP contribution in [0.4, 0.5) is 10.5 Å². The second-order valence-corrected chi connectivity index (χ2v) is 3.32. The van der Waals surface area contributed by atoms with Gasteiger partial charge in [-0.15, -0.1) is 0 Å². The number of nitrogens with one attached hydrogen (secondary N) is 1. The number of carboxylic acids is 1. The average molecular weight is 224 g/mol. The molecule has 0 saturated carbocycles. The standard InChI is InChI=1S/C10H12N2O4/c1-6(2)16-10(15)12-7-3-4-8(9(13)14)11-5-7/h3-6H,1-2H3,(H,12,15)(H,13,14). The number of amides is 1. The van der Waals surface area contributed by atoms with Gasteiger partial charge in [0.15, 0.2) is 0 Å². The van der Waals surface area contributed by atoms with Crippen LogP contribution in [0.5, 0.6) is 0 Å². The molecule has 0 aromatic carbocycles. The van der Waals surface area contributed by atoms with Gasteiger partial charge in [0.1, 0.15) is 5.69 Å². The van der Waals surface area contributed by atoms with Gasteiger partial charge in [-0.1, -0.05) is 0 Å². The first kappa shape index (κ1) is 12.0. The number of carboxylic acid groups (broad SMARTS) is 1. The number of hydrogen-bond acceptors (Lipinski definition) is 4. The van der Waals surface area contributed by atoms with Crippen molar-refractivity contribution in [2.24, 2.45) is 0 Å². The van der Waals surface area contributed by atoms with Crippen molar-refractivity contribution in [2.75, 3.05) is 5.32 Å². The fourth-order valence-electron chi connectivity index (χ4n) is 0.956. The lowest BCUT2D eigenvalue weighted by Gasteiger charge is -2.08. The van der Waals surface area contributed by atoms with Crippen molar-refractivity contribution < 1.29 is 19.4 Å². The first-order valence-electron chi connectivity index (χ1n) is 4.66. The van der Waals surface area contributed by atoms with E-state index in [1.807, 2.05) is 0 Å². The van der Waals surface area contributed by atoms with Crippen LogP contribution in [-0.2, 0) is 4.74 Å². The molecule has 1 aromatic rings. The summed E-state index contributed by atoms with van der Waals surface area (Å²) in [6, 6.07) is 2.74. The maximum atomic E-state index is 11.2. The Morgan fingerprint density at radius 2 is 2.12 bits per heavy atom. The predicted molar refractivity (Wildman–Crippen MR) is 56.4 cm³/mol. The van der Waals surface area contributed by atoms with Crippen LogP contribution in [0.25, 0.3) is 0 Å². The van der Waals surface area contributed by atoms with E-state index >= 15 is 0 Å². The van der Waals surface area contributed by atoms with Gasteiger partial charge in [-0.05, 0) is 26.0 Å². The summed E-state index contributed by atoms with van der Waals surface area (Å²) in [4.78, 5) is 25.3. The van der Waals surface area contributed by atoms with Gasteiger partial charge in [-0.25, -0.2) is 14.6 Å². The van der Waals surface area contributed by atoms with Crippen LogP contribution in [0.1, 0.15) is 24.3 Å². The topological polar surface area (TPSA) is 88.5 Å². The molecule has 2 N–H and O–H groups in total. The smallest absolute Gasteiger partial charge is 0.411 e. The third-order valence-corrected chi connectivity index (χ3v) is 1.57. The van der Waals surface area contributed by atoms with Crippen molar-refractivity contribution in [3.05, 3.63) is 24.0 Å². The SMILES string of the molecule is CC(C)OC(=O)Nc1ccc(C(=O)O)nc1. The zero-order valence-electron chi connectivity index (χ0n) is 8.93.